The van der Waals surface area contributed by atoms with Crippen molar-refractivity contribution in [3.8, 4) is 5.75 Å². The number of phenols is 1. The molecule has 0 radical (unpaired) electrons. The molecule has 25 heavy (non-hydrogen) atoms. The fraction of sp³-hybridized carbons (Fsp3) is 0.318. The Kier molecular flexibility index (Phi) is 5.68. The van der Waals surface area contributed by atoms with Crippen molar-refractivity contribution < 1.29 is 15.0 Å². The number of hydrogen-bond acceptors (Lipinski definition) is 2. The maximum Gasteiger partial charge on any atom is 0.328 e. The number of carboxylic acids is 1. The number of hydrogen-bond donors (Lipinski definition) is 2. The molecule has 0 bridgehead atoms. The Morgan fingerprint density at radius 3 is 2.04 bits per heavy atom. The van der Waals surface area contributed by atoms with Gasteiger partial charge in [0.1, 0.15) is 5.75 Å². The zero-order valence-electron chi connectivity index (χ0n) is 15.3. The van der Waals surface area contributed by atoms with E-state index in [4.69, 9.17) is 5.11 Å². The van der Waals surface area contributed by atoms with Crippen molar-refractivity contribution in [3.05, 3.63) is 70.3 Å². The molecule has 0 aliphatic rings. The second-order valence-electron chi connectivity index (χ2n) is 6.53. The van der Waals surface area contributed by atoms with Crippen molar-refractivity contribution in [1.82, 2.24) is 0 Å². The number of phenolic OH excluding ortho intramolecular Hbond substituents is 1. The fourth-order valence-corrected chi connectivity index (χ4v) is 3.51. The standard InChI is InChI=1S/C22H26O3/c1-5-22(6-2,19-10-11-20(23)16(4)14-19)18-9-7-17(15(3)13-18)8-12-21(24)25/h7-14,23H,5-6H2,1-4H3,(H,24,25). The van der Waals surface area contributed by atoms with Gasteiger partial charge in [0, 0.05) is 11.5 Å². The van der Waals surface area contributed by atoms with E-state index in [-0.39, 0.29) is 5.41 Å². The summed E-state index contributed by atoms with van der Waals surface area (Å²) in [6.07, 6.45) is 4.68. The highest BCUT2D eigenvalue weighted by atomic mass is 16.4. The van der Waals surface area contributed by atoms with Crippen LogP contribution in [0.2, 0.25) is 0 Å². The quantitative estimate of drug-likeness (QED) is 0.711. The largest absolute Gasteiger partial charge is 0.508 e. The molecule has 0 fully saturated rings. The van der Waals surface area contributed by atoms with E-state index in [1.165, 1.54) is 11.1 Å². The lowest BCUT2D eigenvalue weighted by Crippen LogP contribution is -2.26. The van der Waals surface area contributed by atoms with Crippen LogP contribution in [0.15, 0.2) is 42.5 Å². The molecule has 0 heterocycles. The van der Waals surface area contributed by atoms with Crippen LogP contribution in [0.3, 0.4) is 0 Å². The Balaban J connectivity index is 2.55. The Hall–Kier alpha value is -2.55. The summed E-state index contributed by atoms with van der Waals surface area (Å²) in [4.78, 5) is 10.7. The maximum atomic E-state index is 10.7. The summed E-state index contributed by atoms with van der Waals surface area (Å²) >= 11 is 0. The average molecular weight is 338 g/mol. The van der Waals surface area contributed by atoms with Crippen LogP contribution in [-0.2, 0) is 10.2 Å². The first-order valence-corrected chi connectivity index (χ1v) is 8.66. The summed E-state index contributed by atoms with van der Waals surface area (Å²) in [5.74, 6) is -0.630. The van der Waals surface area contributed by atoms with Crippen molar-refractivity contribution in [2.45, 2.75) is 46.0 Å². The van der Waals surface area contributed by atoms with Crippen molar-refractivity contribution in [2.24, 2.45) is 0 Å². The predicted molar refractivity (Wildman–Crippen MR) is 102 cm³/mol. The van der Waals surface area contributed by atoms with Crippen LogP contribution in [0.4, 0.5) is 0 Å². The Labute approximate surface area is 149 Å². The molecule has 0 saturated heterocycles. The Morgan fingerprint density at radius 1 is 1.00 bits per heavy atom. The van der Waals surface area contributed by atoms with Crippen molar-refractivity contribution in [2.75, 3.05) is 0 Å². The van der Waals surface area contributed by atoms with Gasteiger partial charge in [-0.3, -0.25) is 0 Å². The molecule has 0 amide bonds. The van der Waals surface area contributed by atoms with E-state index in [9.17, 15) is 9.90 Å². The number of aliphatic carboxylic acids is 1. The molecule has 3 heteroatoms. The van der Waals surface area contributed by atoms with Crippen LogP contribution in [0, 0.1) is 13.8 Å². The highest BCUT2D eigenvalue weighted by Crippen LogP contribution is 2.40. The van der Waals surface area contributed by atoms with E-state index >= 15 is 0 Å². The van der Waals surface area contributed by atoms with Gasteiger partial charge in [0.25, 0.3) is 0 Å². The van der Waals surface area contributed by atoms with E-state index < -0.39 is 5.97 Å². The zero-order chi connectivity index (χ0) is 18.6. The smallest absolute Gasteiger partial charge is 0.328 e. The second kappa shape index (κ2) is 7.56. The lowest BCUT2D eigenvalue weighted by Gasteiger charge is -2.34. The molecule has 0 aliphatic carbocycles. The molecule has 2 aromatic rings. The third-order valence-electron chi connectivity index (χ3n) is 5.18. The summed E-state index contributed by atoms with van der Waals surface area (Å²) in [7, 11) is 0. The van der Waals surface area contributed by atoms with E-state index in [1.54, 1.807) is 12.1 Å². The SMILES string of the molecule is CCC(CC)(c1ccc(O)c(C)c1)c1ccc(C=CC(=O)O)c(C)c1. The number of aryl methyl sites for hydroxylation is 2. The molecule has 0 spiro atoms. The van der Waals surface area contributed by atoms with Gasteiger partial charge in [-0.05, 0) is 66.6 Å². The minimum absolute atomic E-state index is 0.127. The predicted octanol–water partition coefficient (Wildman–Crippen LogP) is 5.21. The topological polar surface area (TPSA) is 57.5 Å². The minimum Gasteiger partial charge on any atom is -0.508 e. The average Bonchev–Trinajstić information content (AvgIpc) is 2.58. The van der Waals surface area contributed by atoms with E-state index in [0.717, 1.165) is 35.6 Å². The minimum atomic E-state index is -0.945. The number of carbonyl (C=O) groups is 1. The van der Waals surface area contributed by atoms with Crippen molar-refractivity contribution in [1.29, 1.82) is 0 Å². The molecule has 2 N–H and O–H groups in total. The van der Waals surface area contributed by atoms with Gasteiger partial charge in [-0.25, -0.2) is 4.79 Å². The van der Waals surface area contributed by atoms with Crippen LogP contribution in [0.25, 0.3) is 6.08 Å². The molecule has 0 saturated carbocycles. The number of rotatable bonds is 6. The zero-order valence-corrected chi connectivity index (χ0v) is 15.3. The van der Waals surface area contributed by atoms with E-state index in [2.05, 4.69) is 32.0 Å². The van der Waals surface area contributed by atoms with Gasteiger partial charge in [0.05, 0.1) is 0 Å². The molecule has 3 nitrogen and oxygen atoms in total. The Morgan fingerprint density at radius 2 is 1.56 bits per heavy atom. The molecule has 2 rings (SSSR count). The van der Waals surface area contributed by atoms with E-state index in [0.29, 0.717) is 5.75 Å². The van der Waals surface area contributed by atoms with Crippen LogP contribution in [-0.4, -0.2) is 16.2 Å². The molecule has 2 aromatic carbocycles. The highest BCUT2D eigenvalue weighted by molar-refractivity contribution is 5.85. The second-order valence-corrected chi connectivity index (χ2v) is 6.53. The van der Waals surface area contributed by atoms with Crippen molar-refractivity contribution in [3.63, 3.8) is 0 Å². The summed E-state index contributed by atoms with van der Waals surface area (Å²) in [6.45, 7) is 8.28. The van der Waals surface area contributed by atoms with Crippen LogP contribution in [0.5, 0.6) is 5.75 Å². The molecule has 0 unspecified atom stereocenters. The van der Waals surface area contributed by atoms with Gasteiger partial charge in [-0.15, -0.1) is 0 Å². The highest BCUT2D eigenvalue weighted by Gasteiger charge is 2.31. The van der Waals surface area contributed by atoms with Crippen molar-refractivity contribution >= 4 is 12.0 Å². The molecule has 0 aliphatic heterocycles. The summed E-state index contributed by atoms with van der Waals surface area (Å²) in [5.41, 5.74) is 5.12. The van der Waals surface area contributed by atoms with Gasteiger partial charge < -0.3 is 10.2 Å². The Bertz CT molecular complexity index is 799. The number of carboxylic acid groups (broad SMARTS) is 1. The van der Waals surface area contributed by atoms with Gasteiger partial charge in [-0.2, -0.15) is 0 Å². The third-order valence-corrected chi connectivity index (χ3v) is 5.18. The molecule has 132 valence electrons. The maximum absolute atomic E-state index is 10.7. The molecular weight excluding hydrogens is 312 g/mol. The third kappa shape index (κ3) is 3.76. The van der Waals surface area contributed by atoms with Gasteiger partial charge in [0.15, 0.2) is 0 Å². The first kappa shape index (κ1) is 18.8. The first-order chi connectivity index (χ1) is 11.8. The lowest BCUT2D eigenvalue weighted by molar-refractivity contribution is -0.131. The van der Waals surface area contributed by atoms with Crippen LogP contribution in [0.1, 0.15) is 54.5 Å². The monoisotopic (exact) mass is 338 g/mol. The summed E-state index contributed by atoms with van der Waals surface area (Å²) in [5, 5.41) is 18.7. The van der Waals surface area contributed by atoms with Crippen LogP contribution < -0.4 is 0 Å². The van der Waals surface area contributed by atoms with Gasteiger partial charge in [-0.1, -0.05) is 44.2 Å². The van der Waals surface area contributed by atoms with E-state index in [1.807, 2.05) is 26.0 Å². The van der Waals surface area contributed by atoms with Gasteiger partial charge in [0.2, 0.25) is 0 Å². The van der Waals surface area contributed by atoms with Crippen LogP contribution >= 0.6 is 0 Å². The summed E-state index contributed by atoms with van der Waals surface area (Å²) < 4.78 is 0. The molecule has 0 aromatic heterocycles. The summed E-state index contributed by atoms with van der Waals surface area (Å²) in [6, 6.07) is 12.1. The van der Waals surface area contributed by atoms with Gasteiger partial charge >= 0.3 is 5.97 Å². The molecule has 0 atom stereocenters. The molecular formula is C22H26O3. The normalized spacial score (nSPS) is 11.8. The number of benzene rings is 2. The fourth-order valence-electron chi connectivity index (χ4n) is 3.51. The lowest BCUT2D eigenvalue weighted by atomic mass is 9.70. The number of aromatic hydroxyl groups is 1. The first-order valence-electron chi connectivity index (χ1n) is 8.66.